The maximum Gasteiger partial charge on any atom is 0.403 e. The van der Waals surface area contributed by atoms with Gasteiger partial charge in [-0.1, -0.05) is 63.2 Å². The highest BCUT2D eigenvalue weighted by Gasteiger charge is 2.62. The lowest BCUT2D eigenvalue weighted by Gasteiger charge is -2.41. The second-order valence-corrected chi connectivity index (χ2v) is 19.3. The summed E-state index contributed by atoms with van der Waals surface area (Å²) in [5, 5.41) is 11.5. The Morgan fingerprint density at radius 1 is 1.00 bits per heavy atom. The fraction of sp³-hybridized carbons (Fsp3) is 0.717. The SMILES string of the molecule is CCCN(C(=O)[C@H](CCOC)NC(=O)[C@@H]1C[C@@H](F)CN1C(=O)C1(C(F)(F)F)CCCCC1)[C@H]1CCCCNC(=O)[C@@H](C)NC(=O)[C@H](Cc2cc(Cl)ccc2Cl)N(C)C(=O)[C@H](CC(C)C)NC1=O. The number of likely N-dealkylation sites (N-methyl/N-ethyl adjacent to an activating group) is 1. The first-order chi connectivity index (χ1) is 31.6. The fourth-order valence-electron chi connectivity index (χ4n) is 9.23. The van der Waals surface area contributed by atoms with Crippen molar-refractivity contribution < 1.29 is 55.9 Å². The highest BCUT2D eigenvalue weighted by molar-refractivity contribution is 6.33. The number of ether oxygens (including phenoxy) is 1. The molecule has 0 radical (unpaired) electrons. The molecule has 0 spiro atoms. The Balaban J connectivity index is 1.70. The molecule has 376 valence electrons. The van der Waals surface area contributed by atoms with Gasteiger partial charge in [0.2, 0.25) is 41.4 Å². The number of nitrogens with zero attached hydrogens (tertiary/aromatic N) is 3. The lowest BCUT2D eigenvalue weighted by Crippen LogP contribution is -2.61. The molecule has 0 unspecified atom stereocenters. The number of amides is 7. The molecule has 21 heteroatoms. The Labute approximate surface area is 400 Å². The van der Waals surface area contributed by atoms with E-state index in [0.717, 1.165) is 0 Å². The summed E-state index contributed by atoms with van der Waals surface area (Å²) < 4.78 is 64.4. The summed E-state index contributed by atoms with van der Waals surface area (Å²) in [4.78, 5) is 102. The minimum atomic E-state index is -4.94. The van der Waals surface area contributed by atoms with Gasteiger partial charge in [0.05, 0.1) is 6.54 Å². The monoisotopic (exact) mass is 991 g/mol. The van der Waals surface area contributed by atoms with Gasteiger partial charge in [-0.15, -0.1) is 0 Å². The molecule has 4 N–H and O–H groups in total. The van der Waals surface area contributed by atoms with Crippen LogP contribution in [0, 0.1) is 11.3 Å². The zero-order chi connectivity index (χ0) is 49.8. The summed E-state index contributed by atoms with van der Waals surface area (Å²) in [6.45, 7) is 6.24. The van der Waals surface area contributed by atoms with Crippen molar-refractivity contribution in [3.05, 3.63) is 33.8 Å². The number of nitrogens with one attached hydrogen (secondary N) is 4. The van der Waals surface area contributed by atoms with Crippen molar-refractivity contribution in [2.45, 2.75) is 160 Å². The number of alkyl halides is 4. The second-order valence-electron chi connectivity index (χ2n) is 18.4. The van der Waals surface area contributed by atoms with Crippen LogP contribution in [0.5, 0.6) is 0 Å². The lowest BCUT2D eigenvalue weighted by molar-refractivity contribution is -0.236. The van der Waals surface area contributed by atoms with E-state index in [9.17, 15) is 46.7 Å². The van der Waals surface area contributed by atoms with Gasteiger partial charge < -0.3 is 40.7 Å². The van der Waals surface area contributed by atoms with E-state index in [1.54, 1.807) is 25.1 Å². The molecule has 7 atom stereocenters. The van der Waals surface area contributed by atoms with Crippen molar-refractivity contribution in [1.82, 2.24) is 36.0 Å². The molecule has 0 aromatic heterocycles. The maximum atomic E-state index is 15.1. The summed E-state index contributed by atoms with van der Waals surface area (Å²) in [7, 11) is 2.75. The normalized spacial score (nSPS) is 25.3. The number of carbonyl (C=O) groups excluding carboxylic acids is 7. The van der Waals surface area contributed by atoms with Crippen molar-refractivity contribution in [1.29, 1.82) is 0 Å². The predicted octanol–water partition coefficient (Wildman–Crippen LogP) is 5.28. The smallest absolute Gasteiger partial charge is 0.385 e. The average Bonchev–Trinajstić information content (AvgIpc) is 3.67. The van der Waals surface area contributed by atoms with Gasteiger partial charge in [0, 0.05) is 56.7 Å². The van der Waals surface area contributed by atoms with Crippen LogP contribution in [0.3, 0.4) is 0 Å². The minimum absolute atomic E-state index is 0.0233. The standard InChI is InChI=1S/C46H67Cl2F4N7O8/c1-7-20-58(43(65)33(16-21-67-6)55-41(63)37-25-31(49)26-59(37)44(66)45(46(50,51)52)17-10-8-11-18-45)35-13-9-12-19-53-38(60)28(4)54-40(62)36(24-29-23-30(47)14-15-32(29)48)57(5)42(64)34(22-27(2)3)56-39(35)61/h14-15,23,27-28,31,33-37H,7-13,16-22,24-26H2,1-6H3,(H,53,60)(H,54,62)(H,55,63)(H,56,61)/t28-,31-,33+,34+,35+,36+,37+/m1/s1. The Hall–Kier alpha value is -4.23. The fourth-order valence-corrected chi connectivity index (χ4v) is 9.62. The van der Waals surface area contributed by atoms with Gasteiger partial charge in [0.1, 0.15) is 47.8 Å². The Bertz CT molecular complexity index is 1920. The molecule has 2 saturated heterocycles. The van der Waals surface area contributed by atoms with Crippen LogP contribution < -0.4 is 21.3 Å². The van der Waals surface area contributed by atoms with Crippen LogP contribution in [0.2, 0.25) is 10.0 Å². The van der Waals surface area contributed by atoms with Crippen molar-refractivity contribution >= 4 is 64.6 Å². The number of halogens is 6. The van der Waals surface area contributed by atoms with Gasteiger partial charge in [0.25, 0.3) is 0 Å². The molecule has 0 bridgehead atoms. The Morgan fingerprint density at radius 2 is 1.69 bits per heavy atom. The molecular formula is C46H67Cl2F4N7O8. The molecule has 3 aliphatic rings. The summed E-state index contributed by atoms with van der Waals surface area (Å²) in [6, 6.07) is -3.13. The molecule has 2 heterocycles. The van der Waals surface area contributed by atoms with E-state index in [4.69, 9.17) is 27.9 Å². The molecule has 1 aliphatic carbocycles. The maximum absolute atomic E-state index is 15.1. The zero-order valence-corrected chi connectivity index (χ0v) is 40.8. The average molecular weight is 993 g/mol. The number of hydrogen-bond donors (Lipinski definition) is 4. The topological polar surface area (TPSA) is 187 Å². The van der Waals surface area contributed by atoms with Gasteiger partial charge in [-0.25, -0.2) is 4.39 Å². The molecule has 67 heavy (non-hydrogen) atoms. The van der Waals surface area contributed by atoms with E-state index in [0.29, 0.717) is 34.7 Å². The summed E-state index contributed by atoms with van der Waals surface area (Å²) >= 11 is 12.8. The Kier molecular flexibility index (Phi) is 20.6. The third-order valence-corrected chi connectivity index (χ3v) is 13.5. The summed E-state index contributed by atoms with van der Waals surface area (Å²) in [5.74, 6) is -5.85. The Morgan fingerprint density at radius 3 is 2.31 bits per heavy atom. The molecule has 1 aromatic carbocycles. The number of methoxy groups -OCH3 is 1. The predicted molar refractivity (Wildman–Crippen MR) is 243 cm³/mol. The lowest BCUT2D eigenvalue weighted by atomic mass is 9.72. The number of carbonyl (C=O) groups is 7. The first-order valence-corrected chi connectivity index (χ1v) is 24.0. The summed E-state index contributed by atoms with van der Waals surface area (Å²) in [5.41, 5.74) is -2.32. The van der Waals surface area contributed by atoms with Crippen LogP contribution in [-0.2, 0) is 44.7 Å². The third-order valence-electron chi connectivity index (χ3n) is 12.9. The van der Waals surface area contributed by atoms with Gasteiger partial charge >= 0.3 is 6.18 Å². The first kappa shape index (κ1) is 55.4. The third kappa shape index (κ3) is 14.2. The highest BCUT2D eigenvalue weighted by atomic mass is 35.5. The van der Waals surface area contributed by atoms with E-state index < -0.39 is 121 Å². The van der Waals surface area contributed by atoms with Crippen LogP contribution in [0.15, 0.2) is 18.2 Å². The quantitative estimate of drug-likeness (QED) is 0.182. The molecular weight excluding hydrogens is 925 g/mol. The highest BCUT2D eigenvalue weighted by Crippen LogP contribution is 2.51. The minimum Gasteiger partial charge on any atom is -0.385 e. The first-order valence-electron chi connectivity index (χ1n) is 23.3. The van der Waals surface area contributed by atoms with E-state index in [1.165, 1.54) is 30.9 Å². The van der Waals surface area contributed by atoms with Crippen LogP contribution in [0.4, 0.5) is 17.6 Å². The van der Waals surface area contributed by atoms with Crippen molar-refractivity contribution in [2.75, 3.05) is 40.4 Å². The van der Waals surface area contributed by atoms with Gasteiger partial charge in [-0.3, -0.25) is 33.6 Å². The van der Waals surface area contributed by atoms with Crippen molar-refractivity contribution in [3.8, 4) is 0 Å². The molecule has 2 aliphatic heterocycles. The molecule has 15 nitrogen and oxygen atoms in total. The van der Waals surface area contributed by atoms with Gasteiger partial charge in [-0.05, 0) is 88.0 Å². The van der Waals surface area contributed by atoms with E-state index >= 15 is 4.39 Å². The van der Waals surface area contributed by atoms with Crippen LogP contribution in [0.1, 0.15) is 110 Å². The number of likely N-dealkylation sites (tertiary alicyclic amines) is 1. The zero-order valence-electron chi connectivity index (χ0n) is 39.2. The van der Waals surface area contributed by atoms with Gasteiger partial charge in [-0.2, -0.15) is 13.2 Å². The van der Waals surface area contributed by atoms with Crippen LogP contribution in [-0.4, -0.2) is 145 Å². The molecule has 7 amide bonds. The largest absolute Gasteiger partial charge is 0.403 e. The van der Waals surface area contributed by atoms with E-state index in [-0.39, 0.29) is 75.6 Å². The van der Waals surface area contributed by atoms with Crippen molar-refractivity contribution in [3.63, 3.8) is 0 Å². The number of hydrogen-bond acceptors (Lipinski definition) is 8. The molecule has 1 saturated carbocycles. The number of benzene rings is 1. The summed E-state index contributed by atoms with van der Waals surface area (Å²) in [6.07, 6.45) is -6.70. The molecule has 4 rings (SSSR count). The van der Waals surface area contributed by atoms with Crippen LogP contribution in [0.25, 0.3) is 0 Å². The molecule has 1 aromatic rings. The van der Waals surface area contributed by atoms with E-state index in [1.807, 2.05) is 13.8 Å². The molecule has 3 fully saturated rings. The van der Waals surface area contributed by atoms with E-state index in [2.05, 4.69) is 21.3 Å². The van der Waals surface area contributed by atoms with Crippen molar-refractivity contribution in [2.24, 2.45) is 11.3 Å². The number of rotatable bonds is 14. The van der Waals surface area contributed by atoms with Crippen LogP contribution >= 0.6 is 23.2 Å². The van der Waals surface area contributed by atoms with Gasteiger partial charge in [0.15, 0.2) is 0 Å². The second kappa shape index (κ2) is 24.9.